The number of hydrogen-bond donors (Lipinski definition) is 0. The topological polar surface area (TPSA) is 81.4 Å². The molecule has 1 aliphatic heterocycles. The molecule has 7 heteroatoms. The summed E-state index contributed by atoms with van der Waals surface area (Å²) in [6.45, 7) is 6.57. The molecule has 1 atom stereocenters. The normalized spacial score (nSPS) is 17.8. The van der Waals surface area contributed by atoms with Gasteiger partial charge in [-0.2, -0.15) is 5.10 Å². The third kappa shape index (κ3) is 2.79. The van der Waals surface area contributed by atoms with Gasteiger partial charge in [0.2, 0.25) is 5.88 Å². The molecule has 0 N–H and O–H groups in total. The van der Waals surface area contributed by atoms with Gasteiger partial charge in [-0.25, -0.2) is 0 Å². The zero-order valence-corrected chi connectivity index (χ0v) is 12.9. The fourth-order valence-corrected chi connectivity index (χ4v) is 2.58. The van der Waals surface area contributed by atoms with E-state index in [9.17, 15) is 4.79 Å². The Morgan fingerprint density at radius 3 is 2.77 bits per heavy atom. The lowest BCUT2D eigenvalue weighted by Gasteiger charge is -2.16. The molecule has 116 valence electrons. The van der Waals surface area contributed by atoms with Gasteiger partial charge in [-0.05, 0) is 26.8 Å². The number of aryl methyl sites for hydroxylation is 3. The van der Waals surface area contributed by atoms with Crippen LogP contribution >= 0.6 is 0 Å². The number of amides is 1. The van der Waals surface area contributed by atoms with Crippen molar-refractivity contribution in [1.82, 2.24) is 20.3 Å². The number of ether oxygens (including phenoxy) is 1. The Morgan fingerprint density at radius 2 is 2.14 bits per heavy atom. The molecule has 0 spiro atoms. The summed E-state index contributed by atoms with van der Waals surface area (Å²) in [5.41, 5.74) is 2.01. The molecule has 0 bridgehead atoms. The van der Waals surface area contributed by atoms with E-state index in [0.717, 1.165) is 12.1 Å². The molecule has 1 amide bonds. The van der Waals surface area contributed by atoms with Gasteiger partial charge >= 0.3 is 0 Å². The molecule has 7 nitrogen and oxygen atoms in total. The predicted molar refractivity (Wildman–Crippen MR) is 77.7 cm³/mol. The molecule has 1 fully saturated rings. The number of hydrogen-bond acceptors (Lipinski definition) is 6. The van der Waals surface area contributed by atoms with Crippen molar-refractivity contribution < 1.29 is 14.1 Å². The summed E-state index contributed by atoms with van der Waals surface area (Å²) in [6, 6.07) is 3.64. The van der Waals surface area contributed by atoms with Crippen molar-refractivity contribution in [1.29, 1.82) is 0 Å². The Kier molecular flexibility index (Phi) is 3.79. The molecule has 1 aliphatic rings. The Balaban J connectivity index is 1.65. The van der Waals surface area contributed by atoms with Gasteiger partial charge in [-0.3, -0.25) is 4.79 Å². The Hall–Kier alpha value is -2.44. The molecular weight excluding hydrogens is 284 g/mol. The summed E-state index contributed by atoms with van der Waals surface area (Å²) in [6.07, 6.45) is 0.700. The Labute approximate surface area is 128 Å². The van der Waals surface area contributed by atoms with Crippen LogP contribution < -0.4 is 4.74 Å². The van der Waals surface area contributed by atoms with Gasteiger partial charge in [0.1, 0.15) is 17.4 Å². The molecule has 22 heavy (non-hydrogen) atoms. The quantitative estimate of drug-likeness (QED) is 0.858. The number of carbonyl (C=O) groups excluding carboxylic acids is 1. The van der Waals surface area contributed by atoms with Gasteiger partial charge in [0.25, 0.3) is 5.91 Å². The van der Waals surface area contributed by atoms with Crippen LogP contribution in [0.3, 0.4) is 0 Å². The zero-order chi connectivity index (χ0) is 15.7. The van der Waals surface area contributed by atoms with E-state index in [-0.39, 0.29) is 12.0 Å². The van der Waals surface area contributed by atoms with E-state index < -0.39 is 0 Å². The van der Waals surface area contributed by atoms with Gasteiger partial charge in [0, 0.05) is 19.0 Å². The van der Waals surface area contributed by atoms with Crippen LogP contribution in [0.25, 0.3) is 0 Å². The van der Waals surface area contributed by atoms with E-state index in [1.165, 1.54) is 0 Å². The number of rotatable bonds is 3. The average molecular weight is 302 g/mol. The van der Waals surface area contributed by atoms with Crippen LogP contribution in [0.4, 0.5) is 0 Å². The van der Waals surface area contributed by atoms with Crippen LogP contribution in [0, 0.1) is 20.8 Å². The van der Waals surface area contributed by atoms with Crippen molar-refractivity contribution in [3.05, 3.63) is 34.8 Å². The molecular formula is C15H18N4O3. The van der Waals surface area contributed by atoms with Crippen LogP contribution in [-0.4, -0.2) is 45.4 Å². The van der Waals surface area contributed by atoms with Crippen LogP contribution in [-0.2, 0) is 0 Å². The first-order valence-corrected chi connectivity index (χ1v) is 7.23. The summed E-state index contributed by atoms with van der Waals surface area (Å²) in [4.78, 5) is 14.3. The third-order valence-electron chi connectivity index (χ3n) is 3.74. The highest BCUT2D eigenvalue weighted by Crippen LogP contribution is 2.21. The molecule has 0 saturated carbocycles. The molecule has 3 heterocycles. The van der Waals surface area contributed by atoms with Gasteiger partial charge in [0.05, 0.1) is 17.9 Å². The third-order valence-corrected chi connectivity index (χ3v) is 3.74. The van der Waals surface area contributed by atoms with Gasteiger partial charge < -0.3 is 14.2 Å². The second kappa shape index (κ2) is 5.75. The van der Waals surface area contributed by atoms with Crippen molar-refractivity contribution in [2.45, 2.75) is 33.3 Å². The first-order valence-electron chi connectivity index (χ1n) is 7.23. The summed E-state index contributed by atoms with van der Waals surface area (Å²) in [7, 11) is 0. The largest absolute Gasteiger partial charge is 0.471 e. The van der Waals surface area contributed by atoms with Crippen LogP contribution in [0.15, 0.2) is 16.7 Å². The SMILES string of the molecule is Cc1ccc(O[C@@H]2CCN(C(=O)c3c(C)noc3C)C2)nn1. The fourth-order valence-electron chi connectivity index (χ4n) is 2.58. The number of nitrogens with zero attached hydrogens (tertiary/aromatic N) is 4. The van der Waals surface area contributed by atoms with Crippen molar-refractivity contribution in [3.63, 3.8) is 0 Å². The standard InChI is InChI=1S/C15H18N4O3/c1-9-4-5-13(17-16-9)21-12-6-7-19(8-12)15(20)14-10(2)18-22-11(14)3/h4-5,12H,6-8H2,1-3H3/t12-/m1/s1. The smallest absolute Gasteiger partial charge is 0.259 e. The van der Waals surface area contributed by atoms with Crippen molar-refractivity contribution in [2.24, 2.45) is 0 Å². The molecule has 3 rings (SSSR count). The van der Waals surface area contributed by atoms with Crippen molar-refractivity contribution in [3.8, 4) is 5.88 Å². The molecule has 0 aliphatic carbocycles. The van der Waals surface area contributed by atoms with Crippen LogP contribution in [0.5, 0.6) is 5.88 Å². The van der Waals surface area contributed by atoms with E-state index in [0.29, 0.717) is 36.0 Å². The van der Waals surface area contributed by atoms with Crippen molar-refractivity contribution in [2.75, 3.05) is 13.1 Å². The maximum absolute atomic E-state index is 12.5. The minimum absolute atomic E-state index is 0.0580. The molecule has 0 radical (unpaired) electrons. The fraction of sp³-hybridized carbons (Fsp3) is 0.467. The van der Waals surface area contributed by atoms with Crippen LogP contribution in [0.2, 0.25) is 0 Å². The summed E-state index contributed by atoms with van der Waals surface area (Å²) in [5.74, 6) is 0.982. The lowest BCUT2D eigenvalue weighted by Crippen LogP contribution is -2.31. The molecule has 1 saturated heterocycles. The highest BCUT2D eigenvalue weighted by atomic mass is 16.5. The van der Waals surface area contributed by atoms with E-state index in [1.54, 1.807) is 24.8 Å². The second-order valence-electron chi connectivity index (χ2n) is 5.49. The van der Waals surface area contributed by atoms with Crippen LogP contribution in [0.1, 0.15) is 33.9 Å². The summed E-state index contributed by atoms with van der Waals surface area (Å²) >= 11 is 0. The minimum atomic E-state index is -0.0681. The molecule has 0 unspecified atom stereocenters. The number of aromatic nitrogens is 3. The molecule has 2 aromatic rings. The highest BCUT2D eigenvalue weighted by molar-refractivity contribution is 5.96. The van der Waals surface area contributed by atoms with E-state index in [1.807, 2.05) is 13.0 Å². The first kappa shape index (κ1) is 14.5. The monoisotopic (exact) mass is 302 g/mol. The Morgan fingerprint density at radius 1 is 1.32 bits per heavy atom. The van der Waals surface area contributed by atoms with Crippen molar-refractivity contribution >= 4 is 5.91 Å². The Bertz CT molecular complexity index is 661. The van der Waals surface area contributed by atoms with Gasteiger partial charge in [-0.1, -0.05) is 5.16 Å². The minimum Gasteiger partial charge on any atom is -0.471 e. The average Bonchev–Trinajstić information content (AvgIpc) is 3.08. The maximum Gasteiger partial charge on any atom is 0.259 e. The van der Waals surface area contributed by atoms with Gasteiger partial charge in [0.15, 0.2) is 0 Å². The van der Waals surface area contributed by atoms with Gasteiger partial charge in [-0.15, -0.1) is 5.10 Å². The number of carbonyl (C=O) groups is 1. The maximum atomic E-state index is 12.5. The van der Waals surface area contributed by atoms with E-state index >= 15 is 0 Å². The first-order chi connectivity index (χ1) is 10.5. The molecule has 2 aromatic heterocycles. The van der Waals surface area contributed by atoms with E-state index in [4.69, 9.17) is 9.26 Å². The summed E-state index contributed by atoms with van der Waals surface area (Å²) in [5, 5.41) is 11.8. The lowest BCUT2D eigenvalue weighted by atomic mass is 10.2. The lowest BCUT2D eigenvalue weighted by molar-refractivity contribution is 0.0768. The van der Waals surface area contributed by atoms with E-state index in [2.05, 4.69) is 15.4 Å². The highest BCUT2D eigenvalue weighted by Gasteiger charge is 2.31. The number of likely N-dealkylation sites (tertiary alicyclic amines) is 1. The summed E-state index contributed by atoms with van der Waals surface area (Å²) < 4.78 is 10.8. The zero-order valence-electron chi connectivity index (χ0n) is 12.9. The molecule has 0 aromatic carbocycles. The second-order valence-corrected chi connectivity index (χ2v) is 5.49. The predicted octanol–water partition coefficient (Wildman–Crippen LogP) is 1.68.